The van der Waals surface area contributed by atoms with Crippen molar-refractivity contribution >= 4 is 17.4 Å². The average molecular weight is 350 g/mol. The van der Waals surface area contributed by atoms with Crippen molar-refractivity contribution in [3.05, 3.63) is 90.0 Å². The molecule has 0 bridgehead atoms. The summed E-state index contributed by atoms with van der Waals surface area (Å²) in [5.74, 6) is -1.03. The Bertz CT molecular complexity index is 929. The Hall–Kier alpha value is -3.54. The van der Waals surface area contributed by atoms with Crippen LogP contribution in [0.25, 0.3) is 0 Å². The summed E-state index contributed by atoms with van der Waals surface area (Å²) in [6.07, 6.45) is 1.53. The number of rotatable bonds is 6. The van der Waals surface area contributed by atoms with E-state index in [2.05, 4.69) is 10.3 Å². The third kappa shape index (κ3) is 4.30. The molecule has 3 rings (SSSR count). The second-order valence-corrected chi connectivity index (χ2v) is 5.39. The molecule has 2 aromatic carbocycles. The van der Waals surface area contributed by atoms with Crippen LogP contribution in [-0.2, 0) is 0 Å². The normalized spacial score (nSPS) is 10.2. The van der Waals surface area contributed by atoms with Crippen LogP contribution in [0, 0.1) is 5.82 Å². The number of pyridine rings is 1. The van der Waals surface area contributed by atoms with E-state index in [1.165, 1.54) is 24.4 Å². The Labute approximate surface area is 149 Å². The summed E-state index contributed by atoms with van der Waals surface area (Å²) in [5, 5.41) is 2.70. The van der Waals surface area contributed by atoms with Crippen molar-refractivity contribution in [2.75, 3.05) is 11.9 Å². The zero-order chi connectivity index (χ0) is 18.4. The summed E-state index contributed by atoms with van der Waals surface area (Å²) in [5.41, 5.74) is 0.761. The van der Waals surface area contributed by atoms with Gasteiger partial charge in [0.05, 0.1) is 5.56 Å². The zero-order valence-electron chi connectivity index (χ0n) is 13.7. The Balaban J connectivity index is 1.63. The molecular weight excluding hydrogens is 335 g/mol. The SMILES string of the molecule is O=C(Nc1cccc(OCC(=O)c2ccccc2F)c1)c1ccccn1. The Kier molecular flexibility index (Phi) is 5.34. The predicted octanol–water partition coefficient (Wildman–Crippen LogP) is 3.73. The van der Waals surface area contributed by atoms with Crippen molar-refractivity contribution in [3.8, 4) is 5.75 Å². The maximum absolute atomic E-state index is 13.6. The van der Waals surface area contributed by atoms with Crippen molar-refractivity contribution < 1.29 is 18.7 Å². The van der Waals surface area contributed by atoms with Crippen molar-refractivity contribution in [2.24, 2.45) is 0 Å². The number of hydrogen-bond donors (Lipinski definition) is 1. The molecule has 0 aliphatic heterocycles. The van der Waals surface area contributed by atoms with Gasteiger partial charge in [-0.05, 0) is 36.4 Å². The van der Waals surface area contributed by atoms with Gasteiger partial charge in [-0.1, -0.05) is 24.3 Å². The molecule has 0 saturated carbocycles. The zero-order valence-corrected chi connectivity index (χ0v) is 13.7. The molecule has 3 aromatic rings. The number of aromatic nitrogens is 1. The standard InChI is InChI=1S/C20H15FN2O3/c21-17-9-2-1-8-16(17)19(24)13-26-15-7-5-6-14(12-15)23-20(25)18-10-3-4-11-22-18/h1-12H,13H2,(H,23,25). The van der Waals surface area contributed by atoms with E-state index in [9.17, 15) is 14.0 Å². The molecule has 0 atom stereocenters. The molecule has 0 aliphatic carbocycles. The number of carbonyl (C=O) groups excluding carboxylic acids is 2. The van der Waals surface area contributed by atoms with Gasteiger partial charge in [0.1, 0.15) is 17.3 Å². The van der Waals surface area contributed by atoms with Gasteiger partial charge in [-0.15, -0.1) is 0 Å². The third-order valence-corrected chi connectivity index (χ3v) is 3.53. The fraction of sp³-hybridized carbons (Fsp3) is 0.0500. The fourth-order valence-electron chi connectivity index (χ4n) is 2.27. The van der Waals surface area contributed by atoms with Crippen molar-refractivity contribution in [2.45, 2.75) is 0 Å². The molecule has 0 fully saturated rings. The van der Waals surface area contributed by atoms with E-state index in [-0.39, 0.29) is 23.8 Å². The first-order chi connectivity index (χ1) is 12.6. The van der Waals surface area contributed by atoms with Crippen LogP contribution in [0.4, 0.5) is 10.1 Å². The maximum Gasteiger partial charge on any atom is 0.274 e. The van der Waals surface area contributed by atoms with Gasteiger partial charge in [-0.25, -0.2) is 4.39 Å². The number of benzene rings is 2. The first-order valence-electron chi connectivity index (χ1n) is 7.86. The molecule has 0 spiro atoms. The summed E-state index contributed by atoms with van der Waals surface area (Å²) in [6, 6.07) is 17.4. The molecule has 0 radical (unpaired) electrons. The summed E-state index contributed by atoms with van der Waals surface area (Å²) in [6.45, 7) is -0.307. The van der Waals surface area contributed by atoms with Crippen LogP contribution in [0.15, 0.2) is 72.9 Å². The minimum Gasteiger partial charge on any atom is -0.485 e. The molecule has 5 nitrogen and oxygen atoms in total. The van der Waals surface area contributed by atoms with E-state index >= 15 is 0 Å². The van der Waals surface area contributed by atoms with Crippen molar-refractivity contribution in [1.82, 2.24) is 4.98 Å². The second-order valence-electron chi connectivity index (χ2n) is 5.39. The Morgan fingerprint density at radius 2 is 1.81 bits per heavy atom. The van der Waals surface area contributed by atoms with E-state index in [1.54, 1.807) is 48.5 Å². The molecule has 0 unspecified atom stereocenters. The second kappa shape index (κ2) is 8.02. The van der Waals surface area contributed by atoms with Crippen LogP contribution < -0.4 is 10.1 Å². The summed E-state index contributed by atoms with van der Waals surface area (Å²) in [4.78, 5) is 28.1. The largest absolute Gasteiger partial charge is 0.485 e. The molecule has 0 saturated heterocycles. The molecule has 6 heteroatoms. The van der Waals surface area contributed by atoms with Crippen molar-refractivity contribution in [1.29, 1.82) is 0 Å². The fourth-order valence-corrected chi connectivity index (χ4v) is 2.27. The monoisotopic (exact) mass is 350 g/mol. The van der Waals surface area contributed by atoms with Gasteiger partial charge in [0.25, 0.3) is 5.91 Å². The van der Waals surface area contributed by atoms with Gasteiger partial charge in [0, 0.05) is 18.0 Å². The minimum atomic E-state index is -0.586. The van der Waals surface area contributed by atoms with Crippen molar-refractivity contribution in [3.63, 3.8) is 0 Å². The number of Topliss-reactive ketones (excluding diaryl/α,β-unsaturated/α-hetero) is 1. The molecule has 1 heterocycles. The molecule has 1 aromatic heterocycles. The maximum atomic E-state index is 13.6. The third-order valence-electron chi connectivity index (χ3n) is 3.53. The van der Waals surface area contributed by atoms with Gasteiger partial charge in [-0.2, -0.15) is 0 Å². The lowest BCUT2D eigenvalue weighted by Gasteiger charge is -2.09. The Morgan fingerprint density at radius 3 is 2.58 bits per heavy atom. The van der Waals surface area contributed by atoms with Crippen LogP contribution in [0.5, 0.6) is 5.75 Å². The average Bonchev–Trinajstić information content (AvgIpc) is 2.67. The number of nitrogens with one attached hydrogen (secondary N) is 1. The van der Waals surface area contributed by atoms with Gasteiger partial charge in [0.15, 0.2) is 6.61 Å². The predicted molar refractivity (Wildman–Crippen MR) is 94.9 cm³/mol. The van der Waals surface area contributed by atoms with E-state index < -0.39 is 11.6 Å². The Morgan fingerprint density at radius 1 is 1.00 bits per heavy atom. The number of ketones is 1. The highest BCUT2D eigenvalue weighted by molar-refractivity contribution is 6.02. The lowest BCUT2D eigenvalue weighted by atomic mass is 10.1. The molecule has 1 amide bonds. The van der Waals surface area contributed by atoms with Crippen LogP contribution in [-0.4, -0.2) is 23.3 Å². The molecular formula is C20H15FN2O3. The number of halogens is 1. The van der Waals surface area contributed by atoms with Crippen LogP contribution in [0.3, 0.4) is 0 Å². The van der Waals surface area contributed by atoms with E-state index in [4.69, 9.17) is 4.74 Å². The summed E-state index contributed by atoms with van der Waals surface area (Å²) in [7, 11) is 0. The quantitative estimate of drug-likeness (QED) is 0.688. The number of anilines is 1. The smallest absolute Gasteiger partial charge is 0.274 e. The lowest BCUT2D eigenvalue weighted by Crippen LogP contribution is -2.14. The molecule has 0 aliphatic rings. The van der Waals surface area contributed by atoms with E-state index in [0.29, 0.717) is 11.4 Å². The summed E-state index contributed by atoms with van der Waals surface area (Å²) < 4.78 is 19.0. The van der Waals surface area contributed by atoms with E-state index in [0.717, 1.165) is 0 Å². The molecule has 1 N–H and O–H groups in total. The highest BCUT2D eigenvalue weighted by Crippen LogP contribution is 2.18. The number of hydrogen-bond acceptors (Lipinski definition) is 4. The molecule has 130 valence electrons. The van der Waals surface area contributed by atoms with Gasteiger partial charge in [-0.3, -0.25) is 14.6 Å². The highest BCUT2D eigenvalue weighted by Gasteiger charge is 2.12. The van der Waals surface area contributed by atoms with Crippen LogP contribution in [0.1, 0.15) is 20.8 Å². The number of nitrogens with zero attached hydrogens (tertiary/aromatic N) is 1. The van der Waals surface area contributed by atoms with Crippen LogP contribution >= 0.6 is 0 Å². The van der Waals surface area contributed by atoms with Gasteiger partial charge in [0.2, 0.25) is 5.78 Å². The van der Waals surface area contributed by atoms with Gasteiger partial charge >= 0.3 is 0 Å². The van der Waals surface area contributed by atoms with E-state index in [1.807, 2.05) is 0 Å². The molecule has 26 heavy (non-hydrogen) atoms. The summed E-state index contributed by atoms with van der Waals surface area (Å²) >= 11 is 0. The van der Waals surface area contributed by atoms with Gasteiger partial charge < -0.3 is 10.1 Å². The highest BCUT2D eigenvalue weighted by atomic mass is 19.1. The minimum absolute atomic E-state index is 0.0212. The topological polar surface area (TPSA) is 68.3 Å². The number of ether oxygens (including phenoxy) is 1. The lowest BCUT2D eigenvalue weighted by molar-refractivity contribution is 0.0916. The first-order valence-corrected chi connectivity index (χ1v) is 7.86. The number of carbonyl (C=O) groups is 2. The first kappa shape index (κ1) is 17.3. The van der Waals surface area contributed by atoms with Crippen LogP contribution in [0.2, 0.25) is 0 Å². The number of amides is 1.